The van der Waals surface area contributed by atoms with Crippen LogP contribution in [-0.2, 0) is 25.9 Å². The highest BCUT2D eigenvalue weighted by Gasteiger charge is 2.05. The molecule has 0 radical (unpaired) electrons. The first kappa shape index (κ1) is 98.9. The zero-order chi connectivity index (χ0) is 90.8. The molecule has 0 atom stereocenters. The Morgan fingerprint density at radius 2 is 0.885 bits per heavy atom. The Morgan fingerprint density at radius 3 is 1.34 bits per heavy atom. The Bertz CT molecular complexity index is 4930. The fraction of sp³-hybridized carbons (Fsp3) is 0.107. The van der Waals surface area contributed by atoms with Crippen LogP contribution in [0, 0.1) is 0 Å². The first-order valence-corrected chi connectivity index (χ1v) is 41.6. The van der Waals surface area contributed by atoms with Gasteiger partial charge in [0.1, 0.15) is 38.3 Å². The lowest BCUT2D eigenvalue weighted by molar-refractivity contribution is 1.03. The van der Waals surface area contributed by atoms with Crippen LogP contribution in [0.15, 0.2) is 480 Å². The van der Waals surface area contributed by atoms with Gasteiger partial charge in [0.2, 0.25) is 0 Å². The largest absolute Gasteiger partial charge is 0.289 e. The van der Waals surface area contributed by atoms with Gasteiger partial charge in [0.15, 0.2) is 0 Å². The molecule has 2 aliphatic carbocycles. The van der Waals surface area contributed by atoms with E-state index in [9.17, 15) is 0 Å². The van der Waals surface area contributed by atoms with E-state index in [0.717, 1.165) is 92.8 Å². The number of azo groups is 2. The summed E-state index contributed by atoms with van der Waals surface area (Å²) < 4.78 is 0. The fourth-order valence-electron chi connectivity index (χ4n) is 10.4. The third-order valence-corrected chi connectivity index (χ3v) is 16.5. The molecule has 0 saturated carbocycles. The lowest BCUT2D eigenvalue weighted by Crippen LogP contribution is -1.79. The molecule has 15 aromatic rings. The number of hydrogen-bond acceptors (Lipinski definition) is 28. The minimum atomic E-state index is 0.639. The molecule has 652 valence electrons. The van der Waals surface area contributed by atoms with E-state index in [4.69, 9.17) is 0 Å². The minimum absolute atomic E-state index is 0.639. The molecule has 0 amide bonds. The molecule has 0 unspecified atom stereocenters. The third-order valence-electron chi connectivity index (χ3n) is 16.5. The van der Waals surface area contributed by atoms with Crippen molar-refractivity contribution in [1.82, 2.24) is 70.0 Å². The van der Waals surface area contributed by atoms with E-state index in [-0.39, 0.29) is 0 Å². The van der Waals surface area contributed by atoms with Crippen molar-refractivity contribution in [3.63, 3.8) is 0 Å². The van der Waals surface area contributed by atoms with Gasteiger partial charge < -0.3 is 0 Å². The molecule has 7 aromatic carbocycles. The summed E-state index contributed by atoms with van der Waals surface area (Å²) in [5.74, 6) is 0. The molecule has 17 heterocycles. The van der Waals surface area contributed by atoms with Crippen LogP contribution >= 0.6 is 0 Å². The number of para-hydroxylation sites is 4. The standard InChI is InChI=1S/2C9H7N.C9H8.C8H6N2.2C8H7N.C7H6N2.C5H5N.C5H6.3C4H4N2.2C4H5N.C3H3N3.4C3H4N2/c1-2-6-9-8(4-1)5-3-7-10-9;1-2-4-9-7-10-6-5-8(9)3-1;1-2-5-9-7-3-6-8(9)4-1;1-2-4-8-7(3-1)9-5-6-10-8;1-2-4-8-6-9-5-7(8)3-1;1-2-4-8-7(3-1)5-6-9-8;1-2-4-7-6(3-1)5-8-9-7;1-2-4-6-5-3-1;1-2-4-5-3-1;1-2-6-4-3-5-1;1-2-5-4-6-3-1;1-2-4-6-5-3-1;2*1-2-4-5-3-1;1-4-2-6-3-5-1;2*1-2-5-3-4-1;2*1-2-4-5-3-1/h2*1-7H;1-6H,7H2;1-6H;1-5H,6H2;1-4,6H,5H2;1-4H,5H2;1-5H;1-4H,5H2;3*1-4H;1,3-4H,2H2;1-3H,4H2;1-3H;1,3H,2H2;1-2H,3H2;2-3H,1H2;1-2H,3H2. The van der Waals surface area contributed by atoms with Gasteiger partial charge in [0, 0.05) is 191 Å². The van der Waals surface area contributed by atoms with Gasteiger partial charge in [-0.3, -0.25) is 69.8 Å². The lowest BCUT2D eigenvalue weighted by atomic mass is 10.1. The zero-order valence-electron chi connectivity index (χ0n) is 72.3. The molecule has 0 fully saturated rings. The van der Waals surface area contributed by atoms with Crippen molar-refractivity contribution < 1.29 is 0 Å². The zero-order valence-corrected chi connectivity index (χ0v) is 72.3. The topological polar surface area (TPSA) is 353 Å². The van der Waals surface area contributed by atoms with E-state index in [2.05, 4.69) is 250 Å². The Morgan fingerprint density at radius 1 is 0.282 bits per heavy atom. The van der Waals surface area contributed by atoms with Gasteiger partial charge >= 0.3 is 0 Å². The maximum absolute atomic E-state index is 4.18. The number of pyridine rings is 3. The molecule has 0 spiro atoms. The van der Waals surface area contributed by atoms with E-state index in [0.29, 0.717) is 6.67 Å². The normalized spacial score (nSPS) is 12.6. The van der Waals surface area contributed by atoms with Gasteiger partial charge in [-0.05, 0) is 136 Å². The molecular formula is C103H100N28. The number of nitrogens with zero attached hydrogens (tertiary/aromatic N) is 28. The average molecular weight is 1730 g/mol. The van der Waals surface area contributed by atoms with Gasteiger partial charge in [-0.25, -0.2) is 29.9 Å². The summed E-state index contributed by atoms with van der Waals surface area (Å²) in [6, 6.07) is 74.2. The molecule has 8 aromatic heterocycles. The Kier molecular flexibility index (Phi) is 52.7. The number of hydrogen-bond donors (Lipinski definition) is 0. The predicted octanol–water partition coefficient (Wildman–Crippen LogP) is 21.3. The fourth-order valence-corrected chi connectivity index (χ4v) is 10.4. The molecule has 9 aliphatic heterocycles. The summed E-state index contributed by atoms with van der Waals surface area (Å²) in [4.78, 5) is 76.5. The molecular weight excluding hydrogens is 1630 g/mol. The maximum atomic E-state index is 4.18. The summed E-state index contributed by atoms with van der Waals surface area (Å²) in [5.41, 5.74) is 13.2. The van der Waals surface area contributed by atoms with Crippen LogP contribution in [0.1, 0.15) is 52.6 Å². The van der Waals surface area contributed by atoms with Gasteiger partial charge in [-0.15, -0.1) is 0 Å². The molecule has 0 saturated heterocycles. The van der Waals surface area contributed by atoms with Crippen molar-refractivity contribution in [3.05, 3.63) is 443 Å². The van der Waals surface area contributed by atoms with Gasteiger partial charge in [0.05, 0.1) is 60.6 Å². The molecule has 0 N–H and O–H groups in total. The first-order valence-electron chi connectivity index (χ1n) is 41.6. The molecule has 28 nitrogen and oxygen atoms in total. The van der Waals surface area contributed by atoms with Crippen LogP contribution in [0.4, 0.5) is 11.4 Å². The number of aromatic nitrogens is 14. The van der Waals surface area contributed by atoms with E-state index in [1.54, 1.807) is 136 Å². The van der Waals surface area contributed by atoms with Gasteiger partial charge in [-0.1, -0.05) is 200 Å². The molecule has 26 rings (SSSR count). The van der Waals surface area contributed by atoms with Crippen molar-refractivity contribution in [2.24, 2.45) is 70.6 Å². The summed E-state index contributed by atoms with van der Waals surface area (Å²) in [6.07, 6.45) is 78.5. The Balaban J connectivity index is 0.000000171. The summed E-state index contributed by atoms with van der Waals surface area (Å²) in [5, 5.41) is 32.7. The maximum Gasteiger partial charge on any atom is 0.129 e. The summed E-state index contributed by atoms with van der Waals surface area (Å²) >= 11 is 0. The number of aliphatic imine (C=N–C) groups is 8. The number of benzene rings is 7. The van der Waals surface area contributed by atoms with Gasteiger partial charge in [-0.2, -0.15) is 40.9 Å². The number of allylic oxidation sites excluding steroid dienone is 7. The third kappa shape index (κ3) is 47.8. The minimum Gasteiger partial charge on any atom is -0.289 e. The molecule has 11 aliphatic rings. The van der Waals surface area contributed by atoms with Crippen LogP contribution in [-0.4, -0.2) is 159 Å². The van der Waals surface area contributed by atoms with E-state index >= 15 is 0 Å². The molecule has 131 heavy (non-hydrogen) atoms. The van der Waals surface area contributed by atoms with Crippen LogP contribution in [0.3, 0.4) is 0 Å². The van der Waals surface area contributed by atoms with Crippen molar-refractivity contribution in [2.45, 2.75) is 45.2 Å². The van der Waals surface area contributed by atoms with E-state index in [1.165, 1.54) is 74.8 Å². The summed E-state index contributed by atoms with van der Waals surface area (Å²) in [7, 11) is 0. The number of fused-ring (bicyclic) bond motifs is 7. The van der Waals surface area contributed by atoms with E-state index in [1.807, 2.05) is 207 Å². The van der Waals surface area contributed by atoms with Crippen molar-refractivity contribution in [2.75, 3.05) is 26.3 Å². The number of rotatable bonds is 0. The second-order valence-electron chi connectivity index (χ2n) is 25.9. The van der Waals surface area contributed by atoms with Crippen molar-refractivity contribution in [1.29, 1.82) is 0 Å². The smallest absolute Gasteiger partial charge is 0.129 e. The highest BCUT2D eigenvalue weighted by molar-refractivity contribution is 6.17. The second-order valence-corrected chi connectivity index (χ2v) is 25.9. The Labute approximate surface area is 763 Å². The SMILES string of the molecule is C1=CCC=C1.C1=CCN=C1.C1=CN=CC1.C1=CN=NC1.C1=Cc2ccccc2C1.C1=NC=NC1.C1=NCN=C1.C1=NCc2ccccc21.C1=NN=CC1.C1=Nc2ccccc2C1.c1ccc2c(c1)CN=N2.c1ccc2cnccc2c1.c1ccc2ncccc2c1.c1ccc2nccnc2c1.c1ccncc1.c1ccnnc1.c1cnccn1.c1cncnc1.c1ncncn1. The predicted molar refractivity (Wildman–Crippen MR) is 535 cm³/mol. The van der Waals surface area contributed by atoms with Crippen molar-refractivity contribution >= 4 is 112 Å². The van der Waals surface area contributed by atoms with E-state index < -0.39 is 0 Å². The monoisotopic (exact) mass is 1730 g/mol. The molecule has 28 heteroatoms. The van der Waals surface area contributed by atoms with Crippen LogP contribution in [0.25, 0.3) is 38.8 Å². The Hall–Kier alpha value is -17.6. The van der Waals surface area contributed by atoms with Crippen LogP contribution in [0.5, 0.6) is 0 Å². The van der Waals surface area contributed by atoms with Crippen LogP contribution in [0.2, 0.25) is 0 Å². The first-order chi connectivity index (χ1) is 65.3. The quantitative estimate of drug-likeness (QED) is 0.136. The van der Waals surface area contributed by atoms with Crippen LogP contribution < -0.4 is 0 Å². The average Bonchev–Trinajstić information content (AvgIpc) is 1.39. The summed E-state index contributed by atoms with van der Waals surface area (Å²) in [6.45, 7) is 4.71. The second kappa shape index (κ2) is 69.8. The highest BCUT2D eigenvalue weighted by atomic mass is 15.2. The molecule has 0 bridgehead atoms. The van der Waals surface area contributed by atoms with Crippen molar-refractivity contribution in [3.8, 4) is 0 Å². The van der Waals surface area contributed by atoms with Gasteiger partial charge in [0.25, 0.3) is 0 Å². The highest BCUT2D eigenvalue weighted by Crippen LogP contribution is 2.26. The lowest BCUT2D eigenvalue weighted by Gasteiger charge is -1.93.